The second-order valence-corrected chi connectivity index (χ2v) is 11.8. The summed E-state index contributed by atoms with van der Waals surface area (Å²) in [4.78, 5) is 40.2. The molecule has 12 heteroatoms. The fourth-order valence-electron chi connectivity index (χ4n) is 5.23. The predicted molar refractivity (Wildman–Crippen MR) is 168 cm³/mol. The lowest BCUT2D eigenvalue weighted by Crippen LogP contribution is -2.48. The number of likely N-dealkylation sites (tertiary alicyclic amines) is 1. The number of likely N-dealkylation sites (N-methyl/N-ethyl adjacent to an activating group) is 1. The number of nitrogens with one attached hydrogen (secondary N) is 4. The molecule has 1 heterocycles. The third-order valence-corrected chi connectivity index (χ3v) is 7.81. The molecule has 1 fully saturated rings. The van der Waals surface area contributed by atoms with E-state index in [0.29, 0.717) is 50.3 Å². The summed E-state index contributed by atoms with van der Waals surface area (Å²) in [6, 6.07) is 8.85. The number of aliphatic carboxylic acids is 1. The van der Waals surface area contributed by atoms with Crippen molar-refractivity contribution in [1.82, 2.24) is 15.5 Å². The zero-order valence-electron chi connectivity index (χ0n) is 26.0. The number of nitrogens with zero attached hydrogens (tertiary/aromatic N) is 2. The maximum absolute atomic E-state index is 12.7. The Hall–Kier alpha value is -4.45. The number of hydrogen-bond acceptors (Lipinski definition) is 8. The molecule has 0 bridgehead atoms. The van der Waals surface area contributed by atoms with Crippen LogP contribution in [0.3, 0.4) is 0 Å². The van der Waals surface area contributed by atoms with Crippen LogP contribution in [0, 0.1) is 22.7 Å². The number of hydrogen-bond donors (Lipinski definition) is 7. The number of rotatable bonds is 10. The summed E-state index contributed by atoms with van der Waals surface area (Å²) >= 11 is 0. The van der Waals surface area contributed by atoms with Crippen LogP contribution < -0.4 is 15.5 Å². The van der Waals surface area contributed by atoms with Crippen molar-refractivity contribution in [1.29, 1.82) is 10.8 Å². The molecular formula is C32H44N6O6. The minimum Gasteiger partial charge on any atom is -0.508 e. The first-order valence-electron chi connectivity index (χ1n) is 14.9. The summed E-state index contributed by atoms with van der Waals surface area (Å²) in [6.45, 7) is 11.2. The molecule has 1 saturated heterocycles. The maximum atomic E-state index is 12.7. The summed E-state index contributed by atoms with van der Waals surface area (Å²) < 4.78 is 0. The Bertz CT molecular complexity index is 1380. The van der Waals surface area contributed by atoms with Gasteiger partial charge in [-0.1, -0.05) is 39.8 Å². The van der Waals surface area contributed by atoms with Crippen LogP contribution in [-0.4, -0.2) is 75.4 Å². The molecule has 1 atom stereocenters. The van der Waals surface area contributed by atoms with Crippen molar-refractivity contribution in [3.63, 3.8) is 0 Å². The predicted octanol–water partition coefficient (Wildman–Crippen LogP) is 3.60. The van der Waals surface area contributed by atoms with Gasteiger partial charge in [0.15, 0.2) is 5.84 Å². The van der Waals surface area contributed by atoms with E-state index in [0.717, 1.165) is 16.5 Å². The molecule has 0 aliphatic carbocycles. The molecule has 1 aliphatic rings. The van der Waals surface area contributed by atoms with Gasteiger partial charge in [0, 0.05) is 30.8 Å². The van der Waals surface area contributed by atoms with E-state index in [2.05, 4.69) is 15.5 Å². The molecular weight excluding hydrogens is 564 g/mol. The molecule has 7 N–H and O–H groups in total. The second kappa shape index (κ2) is 14.8. The summed E-state index contributed by atoms with van der Waals surface area (Å²) in [5.41, 5.74) is 1.92. The first-order chi connectivity index (χ1) is 20.7. The van der Waals surface area contributed by atoms with Gasteiger partial charge in [-0.15, -0.1) is 0 Å². The number of phenols is 2. The third kappa shape index (κ3) is 8.13. The standard InChI is InChI=1S/C32H44N6O6/c1-6-35-31(42)29(34)38(28(33)24-15-23(18(2)3)25(39)16-26(24)40)22-9-7-20(8-10-22)17-37-13-11-21(12-14-37)30(41)36-27(19(4)5)32(43)44/h7-10,15-16,18-19,21,27,33-34,39-40H,6,11-14,17H2,1-5H3,(H,35,42)(H,36,41)(H,43,44)/t27-/m0/s1. The van der Waals surface area contributed by atoms with Crippen LogP contribution in [0.2, 0.25) is 0 Å². The lowest BCUT2D eigenvalue weighted by Gasteiger charge is -2.32. The number of benzene rings is 2. The Morgan fingerprint density at radius 2 is 1.61 bits per heavy atom. The van der Waals surface area contributed by atoms with Gasteiger partial charge in [0.1, 0.15) is 23.4 Å². The topological polar surface area (TPSA) is 190 Å². The highest BCUT2D eigenvalue weighted by Gasteiger charge is 2.30. The fraction of sp³-hybridized carbons (Fsp3) is 0.469. The lowest BCUT2D eigenvalue weighted by atomic mass is 9.94. The number of carbonyl (C=O) groups excluding carboxylic acids is 2. The van der Waals surface area contributed by atoms with Gasteiger partial charge < -0.3 is 26.0 Å². The summed E-state index contributed by atoms with van der Waals surface area (Å²) in [5, 5.41) is 53.0. The number of carbonyl (C=O) groups is 3. The van der Waals surface area contributed by atoms with Gasteiger partial charge in [-0.05, 0) is 74.0 Å². The molecule has 0 aromatic heterocycles. The highest BCUT2D eigenvalue weighted by Crippen LogP contribution is 2.34. The molecule has 0 spiro atoms. The number of aromatic hydroxyl groups is 2. The van der Waals surface area contributed by atoms with Crippen LogP contribution in [0.1, 0.15) is 70.1 Å². The van der Waals surface area contributed by atoms with E-state index in [4.69, 9.17) is 10.8 Å². The first kappa shape index (κ1) is 34.0. The quantitative estimate of drug-likeness (QED) is 0.157. The number of anilines is 1. The molecule has 0 unspecified atom stereocenters. The van der Waals surface area contributed by atoms with Gasteiger partial charge in [-0.25, -0.2) is 4.79 Å². The molecule has 2 aromatic carbocycles. The number of carboxylic acids is 1. The van der Waals surface area contributed by atoms with Crippen LogP contribution in [0.15, 0.2) is 36.4 Å². The smallest absolute Gasteiger partial charge is 0.326 e. The Labute approximate surface area is 258 Å². The molecule has 3 rings (SSSR count). The van der Waals surface area contributed by atoms with E-state index < -0.39 is 23.8 Å². The van der Waals surface area contributed by atoms with Gasteiger partial charge in [0.05, 0.1) is 5.56 Å². The van der Waals surface area contributed by atoms with E-state index in [1.165, 1.54) is 6.07 Å². The average molecular weight is 609 g/mol. The zero-order valence-corrected chi connectivity index (χ0v) is 26.0. The van der Waals surface area contributed by atoms with Crippen LogP contribution in [0.5, 0.6) is 11.5 Å². The van der Waals surface area contributed by atoms with Crippen LogP contribution in [0.4, 0.5) is 5.69 Å². The minimum absolute atomic E-state index is 0.0691. The number of phenolic OH excluding ortho intramolecular Hbond substituents is 2. The van der Waals surface area contributed by atoms with Crippen LogP contribution in [0.25, 0.3) is 0 Å². The van der Waals surface area contributed by atoms with Crippen molar-refractivity contribution < 1.29 is 29.7 Å². The van der Waals surface area contributed by atoms with Gasteiger partial charge in [-0.3, -0.25) is 30.2 Å². The second-order valence-electron chi connectivity index (χ2n) is 11.8. The summed E-state index contributed by atoms with van der Waals surface area (Å²) in [6.07, 6.45) is 1.22. The Kier molecular flexibility index (Phi) is 11.5. The van der Waals surface area contributed by atoms with Gasteiger partial charge in [0.25, 0.3) is 5.91 Å². The van der Waals surface area contributed by atoms with E-state index in [1.807, 2.05) is 26.0 Å². The fourth-order valence-corrected chi connectivity index (χ4v) is 5.23. The molecule has 1 aliphatic heterocycles. The maximum Gasteiger partial charge on any atom is 0.326 e. The number of piperidine rings is 1. The molecule has 12 nitrogen and oxygen atoms in total. The van der Waals surface area contributed by atoms with Gasteiger partial charge in [0.2, 0.25) is 5.91 Å². The molecule has 2 aromatic rings. The number of amidine groups is 2. The van der Waals surface area contributed by atoms with Crippen LogP contribution >= 0.6 is 0 Å². The summed E-state index contributed by atoms with van der Waals surface area (Å²) in [5.74, 6) is -3.75. The Morgan fingerprint density at radius 3 is 2.14 bits per heavy atom. The molecule has 238 valence electrons. The van der Waals surface area contributed by atoms with Crippen molar-refractivity contribution in [2.24, 2.45) is 11.8 Å². The van der Waals surface area contributed by atoms with E-state index in [1.54, 1.807) is 32.9 Å². The number of amides is 2. The van der Waals surface area contributed by atoms with E-state index >= 15 is 0 Å². The SMILES string of the molecule is CCNC(=O)C(=N)N(C(=N)c1cc(C(C)C)c(O)cc1O)c1ccc(CN2CCC(C(=O)N[C@H](C(=O)O)C(C)C)CC2)cc1. The molecule has 44 heavy (non-hydrogen) atoms. The van der Waals surface area contributed by atoms with Crippen molar-refractivity contribution >= 4 is 35.1 Å². The van der Waals surface area contributed by atoms with Gasteiger partial charge >= 0.3 is 5.97 Å². The van der Waals surface area contributed by atoms with Crippen molar-refractivity contribution in [2.75, 3.05) is 24.5 Å². The lowest BCUT2D eigenvalue weighted by molar-refractivity contribution is -0.144. The third-order valence-electron chi connectivity index (χ3n) is 7.81. The number of carboxylic acid groups (broad SMARTS) is 1. The molecule has 0 radical (unpaired) electrons. The zero-order chi connectivity index (χ0) is 32.7. The van der Waals surface area contributed by atoms with E-state index in [-0.39, 0.29) is 46.6 Å². The van der Waals surface area contributed by atoms with Gasteiger partial charge in [-0.2, -0.15) is 0 Å². The first-order valence-corrected chi connectivity index (χ1v) is 14.9. The Balaban J connectivity index is 1.76. The van der Waals surface area contributed by atoms with E-state index in [9.17, 15) is 29.7 Å². The summed E-state index contributed by atoms with van der Waals surface area (Å²) in [7, 11) is 0. The average Bonchev–Trinajstić information content (AvgIpc) is 2.96. The highest BCUT2D eigenvalue weighted by atomic mass is 16.4. The van der Waals surface area contributed by atoms with Crippen molar-refractivity contribution in [2.45, 2.75) is 66.0 Å². The van der Waals surface area contributed by atoms with Crippen LogP contribution in [-0.2, 0) is 20.9 Å². The monoisotopic (exact) mass is 608 g/mol. The van der Waals surface area contributed by atoms with Crippen molar-refractivity contribution in [3.8, 4) is 11.5 Å². The largest absolute Gasteiger partial charge is 0.508 e. The van der Waals surface area contributed by atoms with Crippen molar-refractivity contribution in [3.05, 3.63) is 53.1 Å². The highest BCUT2D eigenvalue weighted by molar-refractivity contribution is 6.48. The molecule has 0 saturated carbocycles. The minimum atomic E-state index is -1.04. The normalized spacial score (nSPS) is 14.7. The molecule has 2 amide bonds. The Morgan fingerprint density at radius 1 is 1.00 bits per heavy atom.